The molecule has 3 nitrogen and oxygen atoms in total. The van der Waals surface area contributed by atoms with Gasteiger partial charge in [0.15, 0.2) is 11.5 Å². The Kier molecular flexibility index (Phi) is 1.46. The van der Waals surface area contributed by atoms with Crippen molar-refractivity contribution in [2.45, 2.75) is 25.9 Å². The molecular formula is C10H10O3. The summed E-state index contributed by atoms with van der Waals surface area (Å²) in [5, 5.41) is 0. The van der Waals surface area contributed by atoms with Gasteiger partial charge in [0.2, 0.25) is 5.78 Å². The Hall–Kier alpha value is -1.38. The lowest BCUT2D eigenvalue weighted by Crippen LogP contribution is -2.19. The molecular weight excluding hydrogens is 168 g/mol. The van der Waals surface area contributed by atoms with Gasteiger partial charge in [-0.1, -0.05) is 0 Å². The molecule has 1 aliphatic carbocycles. The Morgan fingerprint density at radius 2 is 1.85 bits per heavy atom. The van der Waals surface area contributed by atoms with E-state index in [1.807, 2.05) is 13.8 Å². The van der Waals surface area contributed by atoms with Crippen molar-refractivity contribution < 1.29 is 14.3 Å². The van der Waals surface area contributed by atoms with Crippen molar-refractivity contribution in [3.8, 4) is 0 Å². The van der Waals surface area contributed by atoms with Gasteiger partial charge in [0, 0.05) is 12.0 Å². The highest BCUT2D eigenvalue weighted by Crippen LogP contribution is 2.36. The van der Waals surface area contributed by atoms with Gasteiger partial charge in [-0.2, -0.15) is 0 Å². The van der Waals surface area contributed by atoms with E-state index >= 15 is 0 Å². The molecule has 1 aliphatic heterocycles. The predicted molar refractivity (Wildman–Crippen MR) is 46.0 cm³/mol. The average Bonchev–Trinajstić information content (AvgIpc) is 2.35. The van der Waals surface area contributed by atoms with Gasteiger partial charge in [-0.15, -0.1) is 0 Å². The van der Waals surface area contributed by atoms with Gasteiger partial charge in [-0.3, -0.25) is 9.59 Å². The second kappa shape index (κ2) is 2.31. The molecule has 0 saturated heterocycles. The number of allylic oxidation sites excluding steroid dienone is 2. The zero-order chi connectivity index (χ0) is 9.64. The van der Waals surface area contributed by atoms with Gasteiger partial charge < -0.3 is 4.74 Å². The highest BCUT2D eigenvalue weighted by Gasteiger charge is 2.38. The van der Waals surface area contributed by atoms with Gasteiger partial charge in [-0.25, -0.2) is 0 Å². The van der Waals surface area contributed by atoms with E-state index < -0.39 is 5.60 Å². The van der Waals surface area contributed by atoms with Crippen LogP contribution in [0.5, 0.6) is 0 Å². The summed E-state index contributed by atoms with van der Waals surface area (Å²) in [6.45, 7) is 3.73. The molecule has 0 radical (unpaired) electrons. The van der Waals surface area contributed by atoms with Crippen molar-refractivity contribution >= 4 is 11.6 Å². The SMILES string of the molecule is CC1(C)CC2=C(O1)C(=O)C=CC2=O. The van der Waals surface area contributed by atoms with E-state index in [1.54, 1.807) is 0 Å². The van der Waals surface area contributed by atoms with E-state index in [9.17, 15) is 9.59 Å². The summed E-state index contributed by atoms with van der Waals surface area (Å²) in [4.78, 5) is 22.6. The Balaban J connectivity index is 2.41. The maximum Gasteiger partial charge on any atom is 0.220 e. The van der Waals surface area contributed by atoms with Crippen LogP contribution in [0.1, 0.15) is 20.3 Å². The first kappa shape index (κ1) is 8.23. The fourth-order valence-electron chi connectivity index (χ4n) is 1.61. The van der Waals surface area contributed by atoms with E-state index in [4.69, 9.17) is 4.74 Å². The molecule has 0 fully saturated rings. The van der Waals surface area contributed by atoms with Crippen LogP contribution >= 0.6 is 0 Å². The Morgan fingerprint density at radius 3 is 2.46 bits per heavy atom. The van der Waals surface area contributed by atoms with Gasteiger partial charge in [0.25, 0.3) is 0 Å². The molecule has 0 aromatic rings. The van der Waals surface area contributed by atoms with Crippen LogP contribution < -0.4 is 0 Å². The summed E-state index contributed by atoms with van der Waals surface area (Å²) >= 11 is 0. The van der Waals surface area contributed by atoms with Crippen LogP contribution in [0.2, 0.25) is 0 Å². The predicted octanol–water partition coefficient (Wildman–Crippen LogP) is 1.15. The first-order valence-corrected chi connectivity index (χ1v) is 4.18. The van der Waals surface area contributed by atoms with Gasteiger partial charge in [0.05, 0.1) is 0 Å². The molecule has 0 bridgehead atoms. The third-order valence-corrected chi connectivity index (χ3v) is 2.16. The molecule has 0 saturated carbocycles. The Labute approximate surface area is 76.1 Å². The second-order valence-electron chi connectivity index (χ2n) is 3.91. The smallest absolute Gasteiger partial charge is 0.220 e. The normalized spacial score (nSPS) is 24.8. The van der Waals surface area contributed by atoms with E-state index in [-0.39, 0.29) is 17.3 Å². The highest BCUT2D eigenvalue weighted by molar-refractivity contribution is 6.19. The summed E-state index contributed by atoms with van der Waals surface area (Å²) < 4.78 is 5.39. The number of carbonyl (C=O) groups is 2. The Bertz CT molecular complexity index is 326. The lowest BCUT2D eigenvalue weighted by Gasteiger charge is -2.18. The minimum absolute atomic E-state index is 0.0971. The summed E-state index contributed by atoms with van der Waals surface area (Å²) in [5.74, 6) is -0.0437. The molecule has 0 atom stereocenters. The standard InChI is InChI=1S/C10H10O3/c1-10(2)5-6-7(11)3-4-8(12)9(6)13-10/h3-4H,5H2,1-2H3. The van der Waals surface area contributed by atoms with E-state index in [0.29, 0.717) is 12.0 Å². The maximum absolute atomic E-state index is 11.3. The summed E-state index contributed by atoms with van der Waals surface area (Å²) in [6, 6.07) is 0. The van der Waals surface area contributed by atoms with Crippen molar-refractivity contribution in [3.05, 3.63) is 23.5 Å². The van der Waals surface area contributed by atoms with E-state index in [0.717, 1.165) is 0 Å². The van der Waals surface area contributed by atoms with Crippen LogP contribution in [0.15, 0.2) is 23.5 Å². The number of rotatable bonds is 0. The first-order chi connectivity index (χ1) is 5.99. The molecule has 0 aromatic carbocycles. The Morgan fingerprint density at radius 1 is 1.23 bits per heavy atom. The molecule has 0 amide bonds. The average molecular weight is 178 g/mol. The number of hydrogen-bond donors (Lipinski definition) is 0. The minimum atomic E-state index is -0.415. The zero-order valence-electron chi connectivity index (χ0n) is 7.59. The topological polar surface area (TPSA) is 43.4 Å². The van der Waals surface area contributed by atoms with E-state index in [2.05, 4.69) is 0 Å². The number of ketones is 2. The van der Waals surface area contributed by atoms with Crippen molar-refractivity contribution in [1.82, 2.24) is 0 Å². The summed E-state index contributed by atoms with van der Waals surface area (Å²) in [7, 11) is 0. The zero-order valence-corrected chi connectivity index (χ0v) is 7.59. The van der Waals surface area contributed by atoms with Crippen molar-refractivity contribution in [3.63, 3.8) is 0 Å². The van der Waals surface area contributed by atoms with Crippen LogP contribution in [-0.4, -0.2) is 17.2 Å². The molecule has 2 rings (SSSR count). The van der Waals surface area contributed by atoms with E-state index in [1.165, 1.54) is 12.2 Å². The molecule has 0 aromatic heterocycles. The molecule has 0 unspecified atom stereocenters. The van der Waals surface area contributed by atoms with Crippen LogP contribution in [-0.2, 0) is 14.3 Å². The van der Waals surface area contributed by atoms with Crippen molar-refractivity contribution in [2.24, 2.45) is 0 Å². The lowest BCUT2D eigenvalue weighted by molar-refractivity contribution is -0.117. The third kappa shape index (κ3) is 1.20. The maximum atomic E-state index is 11.3. The molecule has 3 heteroatoms. The molecule has 0 N–H and O–H groups in total. The number of ether oxygens (including phenoxy) is 1. The van der Waals surface area contributed by atoms with Crippen molar-refractivity contribution in [1.29, 1.82) is 0 Å². The van der Waals surface area contributed by atoms with Crippen LogP contribution in [0.25, 0.3) is 0 Å². The monoisotopic (exact) mass is 178 g/mol. The summed E-state index contributed by atoms with van der Waals surface area (Å²) in [5.41, 5.74) is 0.111. The highest BCUT2D eigenvalue weighted by atomic mass is 16.5. The molecule has 0 spiro atoms. The molecule has 1 heterocycles. The van der Waals surface area contributed by atoms with Crippen LogP contribution in [0, 0.1) is 0 Å². The minimum Gasteiger partial charge on any atom is -0.483 e. The van der Waals surface area contributed by atoms with Gasteiger partial charge in [0.1, 0.15) is 5.60 Å². The third-order valence-electron chi connectivity index (χ3n) is 2.16. The van der Waals surface area contributed by atoms with Crippen LogP contribution in [0.3, 0.4) is 0 Å². The first-order valence-electron chi connectivity index (χ1n) is 4.18. The number of hydrogen-bond acceptors (Lipinski definition) is 3. The molecule has 68 valence electrons. The second-order valence-corrected chi connectivity index (χ2v) is 3.91. The quantitative estimate of drug-likeness (QED) is 0.522. The van der Waals surface area contributed by atoms with Crippen molar-refractivity contribution in [2.75, 3.05) is 0 Å². The molecule has 13 heavy (non-hydrogen) atoms. The van der Waals surface area contributed by atoms with Gasteiger partial charge >= 0.3 is 0 Å². The fourth-order valence-corrected chi connectivity index (χ4v) is 1.61. The number of carbonyl (C=O) groups excluding carboxylic acids is 2. The fraction of sp³-hybridized carbons (Fsp3) is 0.400. The van der Waals surface area contributed by atoms with Crippen LogP contribution in [0.4, 0.5) is 0 Å². The molecule has 2 aliphatic rings. The van der Waals surface area contributed by atoms with Gasteiger partial charge in [-0.05, 0) is 26.0 Å². The lowest BCUT2D eigenvalue weighted by atomic mass is 9.95. The summed E-state index contributed by atoms with van der Waals surface area (Å²) in [6.07, 6.45) is 3.10. The largest absolute Gasteiger partial charge is 0.483 e.